The number of nitrogens with zero attached hydrogens (tertiary/aromatic N) is 1. The standard InChI is InChI=1S/C21H28N2O/c1-14(2)17-8-7-15(3)19(13-17)22-23-20(24)16-9-11-18(12-10-16)21(4,5)6/h7,9-12,17H,1,8,13H2,2-6H3,(H,23,24)/b22-19-/t17-/m1/s1. The van der Waals surface area contributed by atoms with Crippen LogP contribution in [-0.4, -0.2) is 11.6 Å². The number of hydrogen-bond acceptors (Lipinski definition) is 2. The molecule has 0 aliphatic heterocycles. The lowest BCUT2D eigenvalue weighted by molar-refractivity contribution is 0.0954. The number of hydrazone groups is 1. The molecule has 0 saturated carbocycles. The van der Waals surface area contributed by atoms with Crippen LogP contribution in [-0.2, 0) is 5.41 Å². The molecule has 3 nitrogen and oxygen atoms in total. The number of rotatable bonds is 3. The van der Waals surface area contributed by atoms with Crippen LogP contribution in [0.2, 0.25) is 0 Å². The minimum Gasteiger partial charge on any atom is -0.267 e. The van der Waals surface area contributed by atoms with Crippen LogP contribution in [0.4, 0.5) is 0 Å². The summed E-state index contributed by atoms with van der Waals surface area (Å²) in [7, 11) is 0. The molecule has 3 heteroatoms. The Kier molecular flexibility index (Phi) is 5.43. The van der Waals surface area contributed by atoms with E-state index in [4.69, 9.17) is 0 Å². The zero-order valence-electron chi connectivity index (χ0n) is 15.4. The second kappa shape index (κ2) is 7.16. The van der Waals surface area contributed by atoms with Gasteiger partial charge in [-0.05, 0) is 61.3 Å². The van der Waals surface area contributed by atoms with Gasteiger partial charge in [-0.15, -0.1) is 0 Å². The van der Waals surface area contributed by atoms with Crippen LogP contribution in [0.5, 0.6) is 0 Å². The first kappa shape index (κ1) is 18.2. The SMILES string of the molecule is C=C(C)[C@@H]1CC=C(C)/C(=N\NC(=O)c2ccc(C(C)(C)C)cc2)C1. The van der Waals surface area contributed by atoms with Crippen molar-refractivity contribution < 1.29 is 4.79 Å². The Morgan fingerprint density at radius 3 is 2.42 bits per heavy atom. The number of carbonyl (C=O) groups is 1. The van der Waals surface area contributed by atoms with Gasteiger partial charge in [-0.1, -0.05) is 51.1 Å². The Morgan fingerprint density at radius 2 is 1.88 bits per heavy atom. The maximum atomic E-state index is 12.3. The minimum absolute atomic E-state index is 0.0802. The fraction of sp³-hybridized carbons (Fsp3) is 0.429. The fourth-order valence-corrected chi connectivity index (χ4v) is 2.73. The molecule has 128 valence electrons. The van der Waals surface area contributed by atoms with Crippen molar-refractivity contribution in [1.29, 1.82) is 0 Å². The monoisotopic (exact) mass is 324 g/mol. The topological polar surface area (TPSA) is 41.5 Å². The van der Waals surface area contributed by atoms with E-state index in [9.17, 15) is 4.79 Å². The van der Waals surface area contributed by atoms with Gasteiger partial charge in [-0.3, -0.25) is 4.79 Å². The van der Waals surface area contributed by atoms with Crippen molar-refractivity contribution in [3.8, 4) is 0 Å². The van der Waals surface area contributed by atoms with E-state index in [-0.39, 0.29) is 11.3 Å². The van der Waals surface area contributed by atoms with Crippen LogP contribution in [0.1, 0.15) is 63.4 Å². The van der Waals surface area contributed by atoms with E-state index in [1.165, 1.54) is 5.56 Å². The minimum atomic E-state index is -0.173. The summed E-state index contributed by atoms with van der Waals surface area (Å²) in [5.74, 6) is 0.239. The second-order valence-electron chi connectivity index (χ2n) is 7.70. The van der Waals surface area contributed by atoms with Gasteiger partial charge in [0.05, 0.1) is 5.71 Å². The van der Waals surface area contributed by atoms with Gasteiger partial charge in [0.2, 0.25) is 0 Å². The normalized spacial score (nSPS) is 19.8. The Balaban J connectivity index is 2.08. The number of hydrogen-bond donors (Lipinski definition) is 1. The maximum Gasteiger partial charge on any atom is 0.271 e. The van der Waals surface area contributed by atoms with E-state index < -0.39 is 0 Å². The van der Waals surface area contributed by atoms with E-state index in [1.54, 1.807) is 0 Å². The summed E-state index contributed by atoms with van der Waals surface area (Å²) in [5, 5.41) is 4.35. The summed E-state index contributed by atoms with van der Waals surface area (Å²) in [4.78, 5) is 12.3. The third-order valence-corrected chi connectivity index (χ3v) is 4.61. The molecule has 0 spiro atoms. The molecule has 1 aliphatic rings. The highest BCUT2D eigenvalue weighted by atomic mass is 16.2. The maximum absolute atomic E-state index is 12.3. The van der Waals surface area contributed by atoms with Crippen LogP contribution in [0.3, 0.4) is 0 Å². The third-order valence-electron chi connectivity index (χ3n) is 4.61. The molecule has 1 aromatic carbocycles. The summed E-state index contributed by atoms with van der Waals surface area (Å²) >= 11 is 0. The zero-order chi connectivity index (χ0) is 17.9. The number of allylic oxidation sites excluding steroid dienone is 3. The Labute approximate surface area is 145 Å². The Hall–Kier alpha value is -2.16. The lowest BCUT2D eigenvalue weighted by atomic mass is 9.85. The van der Waals surface area contributed by atoms with Gasteiger partial charge in [-0.25, -0.2) is 5.43 Å². The highest BCUT2D eigenvalue weighted by Crippen LogP contribution is 2.26. The number of carbonyl (C=O) groups excluding carboxylic acids is 1. The Morgan fingerprint density at radius 1 is 1.25 bits per heavy atom. The first-order valence-electron chi connectivity index (χ1n) is 8.48. The van der Waals surface area contributed by atoms with Gasteiger partial charge >= 0.3 is 0 Å². The average molecular weight is 324 g/mol. The zero-order valence-corrected chi connectivity index (χ0v) is 15.4. The molecular formula is C21H28N2O. The molecule has 0 saturated heterocycles. The molecule has 0 aromatic heterocycles. The van der Waals surface area contributed by atoms with Gasteiger partial charge in [0.25, 0.3) is 5.91 Å². The number of nitrogens with one attached hydrogen (secondary N) is 1. The quantitative estimate of drug-likeness (QED) is 0.617. The van der Waals surface area contributed by atoms with Gasteiger partial charge in [-0.2, -0.15) is 5.10 Å². The van der Waals surface area contributed by atoms with Crippen molar-refractivity contribution in [3.05, 3.63) is 59.2 Å². The molecule has 0 fully saturated rings. The average Bonchev–Trinajstić information content (AvgIpc) is 2.52. The molecule has 0 heterocycles. The van der Waals surface area contributed by atoms with Gasteiger partial charge < -0.3 is 0 Å². The van der Waals surface area contributed by atoms with Crippen molar-refractivity contribution in [3.63, 3.8) is 0 Å². The molecule has 1 amide bonds. The van der Waals surface area contributed by atoms with E-state index in [0.717, 1.165) is 29.7 Å². The molecule has 1 aromatic rings. The molecule has 24 heavy (non-hydrogen) atoms. The van der Waals surface area contributed by atoms with Gasteiger partial charge in [0.15, 0.2) is 0 Å². The Bertz CT molecular complexity index is 688. The summed E-state index contributed by atoms with van der Waals surface area (Å²) in [6.45, 7) is 14.6. The van der Waals surface area contributed by atoms with Crippen LogP contribution < -0.4 is 5.43 Å². The molecule has 0 radical (unpaired) electrons. The highest BCUT2D eigenvalue weighted by molar-refractivity contribution is 6.02. The highest BCUT2D eigenvalue weighted by Gasteiger charge is 2.19. The summed E-state index contributed by atoms with van der Waals surface area (Å²) in [5.41, 5.74) is 7.85. The summed E-state index contributed by atoms with van der Waals surface area (Å²) in [6, 6.07) is 7.72. The first-order valence-corrected chi connectivity index (χ1v) is 8.48. The van der Waals surface area contributed by atoms with Crippen LogP contribution in [0, 0.1) is 5.92 Å². The van der Waals surface area contributed by atoms with E-state index in [1.807, 2.05) is 38.1 Å². The molecule has 0 unspecified atom stereocenters. The molecule has 0 bridgehead atoms. The molecule has 1 atom stereocenters. The van der Waals surface area contributed by atoms with Crippen molar-refractivity contribution >= 4 is 11.6 Å². The number of benzene rings is 1. The predicted molar refractivity (Wildman–Crippen MR) is 101 cm³/mol. The molecular weight excluding hydrogens is 296 g/mol. The van der Waals surface area contributed by atoms with Crippen LogP contribution in [0.15, 0.2) is 53.2 Å². The lowest BCUT2D eigenvalue weighted by Gasteiger charge is -2.22. The lowest BCUT2D eigenvalue weighted by Crippen LogP contribution is -2.23. The smallest absolute Gasteiger partial charge is 0.267 e. The predicted octanol–water partition coefficient (Wildman–Crippen LogP) is 5.00. The van der Waals surface area contributed by atoms with Crippen LogP contribution >= 0.6 is 0 Å². The van der Waals surface area contributed by atoms with Gasteiger partial charge in [0, 0.05) is 5.56 Å². The third kappa shape index (κ3) is 4.44. The van der Waals surface area contributed by atoms with Gasteiger partial charge in [0.1, 0.15) is 0 Å². The van der Waals surface area contributed by atoms with Crippen LogP contribution in [0.25, 0.3) is 0 Å². The number of amides is 1. The van der Waals surface area contributed by atoms with E-state index in [2.05, 4.69) is 44.0 Å². The molecule has 2 rings (SSSR count). The summed E-state index contributed by atoms with van der Waals surface area (Å²) in [6.07, 6.45) is 4.01. The van der Waals surface area contributed by atoms with Crippen molar-refractivity contribution in [1.82, 2.24) is 5.43 Å². The van der Waals surface area contributed by atoms with E-state index in [0.29, 0.717) is 11.5 Å². The van der Waals surface area contributed by atoms with E-state index >= 15 is 0 Å². The largest absolute Gasteiger partial charge is 0.271 e. The summed E-state index contributed by atoms with van der Waals surface area (Å²) < 4.78 is 0. The molecule has 1 aliphatic carbocycles. The second-order valence-corrected chi connectivity index (χ2v) is 7.70. The fourth-order valence-electron chi connectivity index (χ4n) is 2.73. The van der Waals surface area contributed by atoms with Crippen molar-refractivity contribution in [2.75, 3.05) is 0 Å². The van der Waals surface area contributed by atoms with Crippen molar-refractivity contribution in [2.24, 2.45) is 11.0 Å². The van der Waals surface area contributed by atoms with Crippen molar-refractivity contribution in [2.45, 2.75) is 52.9 Å². The molecule has 1 N–H and O–H groups in total. The first-order chi connectivity index (χ1) is 11.2.